The predicted molar refractivity (Wildman–Crippen MR) is 71.1 cm³/mol. The van der Waals surface area contributed by atoms with Crippen LogP contribution in [0.1, 0.15) is 0 Å². The fourth-order valence-corrected chi connectivity index (χ4v) is 2.45. The first kappa shape index (κ1) is 12.4. The van der Waals surface area contributed by atoms with Crippen LogP contribution < -0.4 is 4.74 Å². The summed E-state index contributed by atoms with van der Waals surface area (Å²) < 4.78 is 19.7. The third-order valence-corrected chi connectivity index (χ3v) is 3.38. The molecule has 2 aromatic rings. The molecule has 0 saturated carbocycles. The molecular weight excluding hydrogens is 306 g/mol. The van der Waals surface area contributed by atoms with E-state index in [-0.39, 0.29) is 5.82 Å². The molecule has 17 heavy (non-hydrogen) atoms. The lowest BCUT2D eigenvalue weighted by atomic mass is 10.0. The molecule has 0 bridgehead atoms. The van der Waals surface area contributed by atoms with Gasteiger partial charge in [0.2, 0.25) is 0 Å². The van der Waals surface area contributed by atoms with Crippen LogP contribution in [-0.2, 0) is 0 Å². The molecule has 2 aromatic carbocycles. The van der Waals surface area contributed by atoms with Gasteiger partial charge in [-0.1, -0.05) is 39.7 Å². The van der Waals surface area contributed by atoms with Crippen LogP contribution in [0.25, 0.3) is 11.1 Å². The molecule has 0 aliphatic heterocycles. The Hall–Kier alpha value is -1.06. The second-order valence-corrected chi connectivity index (χ2v) is 4.68. The lowest BCUT2D eigenvalue weighted by molar-refractivity contribution is 0.416. The molecule has 0 saturated heterocycles. The highest BCUT2D eigenvalue weighted by atomic mass is 79.9. The zero-order valence-corrected chi connectivity index (χ0v) is 11.3. The molecule has 2 rings (SSSR count). The summed E-state index contributed by atoms with van der Waals surface area (Å²) in [5.41, 5.74) is 0.969. The first-order chi connectivity index (χ1) is 8.15. The SMILES string of the molecule is COc1cccc(Cl)c1-c1c(F)cccc1Br. The van der Waals surface area contributed by atoms with E-state index in [1.807, 2.05) is 0 Å². The van der Waals surface area contributed by atoms with Crippen LogP contribution in [0.15, 0.2) is 40.9 Å². The van der Waals surface area contributed by atoms with Crippen molar-refractivity contribution in [3.8, 4) is 16.9 Å². The normalized spacial score (nSPS) is 10.4. The van der Waals surface area contributed by atoms with Crippen LogP contribution >= 0.6 is 27.5 Å². The average molecular weight is 316 g/mol. The minimum Gasteiger partial charge on any atom is -0.496 e. The third-order valence-electron chi connectivity index (χ3n) is 2.41. The zero-order chi connectivity index (χ0) is 12.4. The smallest absolute Gasteiger partial charge is 0.132 e. The average Bonchev–Trinajstić information content (AvgIpc) is 2.30. The summed E-state index contributed by atoms with van der Waals surface area (Å²) in [6.07, 6.45) is 0. The summed E-state index contributed by atoms with van der Waals surface area (Å²) >= 11 is 9.45. The minimum absolute atomic E-state index is 0.342. The van der Waals surface area contributed by atoms with Gasteiger partial charge in [-0.15, -0.1) is 0 Å². The maximum Gasteiger partial charge on any atom is 0.132 e. The van der Waals surface area contributed by atoms with E-state index >= 15 is 0 Å². The Morgan fingerprint density at radius 1 is 1.12 bits per heavy atom. The molecule has 0 amide bonds. The molecule has 0 aromatic heterocycles. The second-order valence-electron chi connectivity index (χ2n) is 3.41. The van der Waals surface area contributed by atoms with Crippen LogP contribution in [-0.4, -0.2) is 7.11 Å². The van der Waals surface area contributed by atoms with Crippen molar-refractivity contribution in [3.05, 3.63) is 51.7 Å². The monoisotopic (exact) mass is 314 g/mol. The van der Waals surface area contributed by atoms with Gasteiger partial charge in [-0.2, -0.15) is 0 Å². The van der Waals surface area contributed by atoms with Gasteiger partial charge in [-0.3, -0.25) is 0 Å². The number of hydrogen-bond acceptors (Lipinski definition) is 1. The Labute approximate surface area is 112 Å². The van der Waals surface area contributed by atoms with E-state index in [1.54, 1.807) is 30.3 Å². The molecule has 0 radical (unpaired) electrons. The van der Waals surface area contributed by atoms with E-state index in [2.05, 4.69) is 15.9 Å². The summed E-state index contributed by atoms with van der Waals surface area (Å²) in [5.74, 6) is 0.203. The molecule has 0 unspecified atom stereocenters. The van der Waals surface area contributed by atoms with E-state index < -0.39 is 0 Å². The number of benzene rings is 2. The van der Waals surface area contributed by atoms with Gasteiger partial charge in [-0.05, 0) is 24.3 Å². The molecule has 4 heteroatoms. The van der Waals surface area contributed by atoms with Gasteiger partial charge >= 0.3 is 0 Å². The van der Waals surface area contributed by atoms with Gasteiger partial charge in [0.25, 0.3) is 0 Å². The molecule has 0 atom stereocenters. The summed E-state index contributed by atoms with van der Waals surface area (Å²) in [4.78, 5) is 0. The highest BCUT2D eigenvalue weighted by molar-refractivity contribution is 9.10. The number of ether oxygens (including phenoxy) is 1. The first-order valence-corrected chi connectivity index (χ1v) is 6.09. The molecule has 0 fully saturated rings. The topological polar surface area (TPSA) is 9.23 Å². The fourth-order valence-electron chi connectivity index (χ4n) is 1.65. The molecule has 0 aliphatic carbocycles. The summed E-state index contributed by atoms with van der Waals surface area (Å²) in [6, 6.07) is 10.0. The molecule has 0 N–H and O–H groups in total. The number of methoxy groups -OCH3 is 1. The van der Waals surface area contributed by atoms with Crippen molar-refractivity contribution in [2.24, 2.45) is 0 Å². The maximum absolute atomic E-state index is 13.9. The van der Waals surface area contributed by atoms with E-state index in [4.69, 9.17) is 16.3 Å². The van der Waals surface area contributed by atoms with Gasteiger partial charge < -0.3 is 4.74 Å². The molecule has 0 heterocycles. The van der Waals surface area contributed by atoms with E-state index in [1.165, 1.54) is 13.2 Å². The van der Waals surface area contributed by atoms with Gasteiger partial charge in [0.15, 0.2) is 0 Å². The van der Waals surface area contributed by atoms with E-state index in [0.717, 1.165) is 0 Å². The zero-order valence-electron chi connectivity index (χ0n) is 9.01. The molecule has 1 nitrogen and oxygen atoms in total. The number of hydrogen-bond donors (Lipinski definition) is 0. The molecular formula is C13H9BrClFO. The molecule has 88 valence electrons. The Balaban J connectivity index is 2.76. The van der Waals surface area contributed by atoms with E-state index in [0.29, 0.717) is 26.4 Å². The Kier molecular flexibility index (Phi) is 3.69. The van der Waals surface area contributed by atoms with Crippen LogP contribution in [0.2, 0.25) is 5.02 Å². The van der Waals surface area contributed by atoms with Crippen molar-refractivity contribution in [1.29, 1.82) is 0 Å². The Bertz CT molecular complexity index is 537. The predicted octanol–water partition coefficient (Wildman–Crippen LogP) is 4.92. The summed E-state index contributed by atoms with van der Waals surface area (Å²) in [7, 11) is 1.53. The Morgan fingerprint density at radius 2 is 1.82 bits per heavy atom. The number of halogens is 3. The summed E-state index contributed by atoms with van der Waals surface area (Å²) in [5, 5.41) is 0.454. The van der Waals surface area contributed by atoms with Gasteiger partial charge in [0.1, 0.15) is 11.6 Å². The van der Waals surface area contributed by atoms with Crippen molar-refractivity contribution < 1.29 is 9.13 Å². The van der Waals surface area contributed by atoms with Crippen LogP contribution in [0.4, 0.5) is 4.39 Å². The van der Waals surface area contributed by atoms with Crippen molar-refractivity contribution in [2.75, 3.05) is 7.11 Å². The quantitative estimate of drug-likeness (QED) is 0.764. The number of rotatable bonds is 2. The van der Waals surface area contributed by atoms with Gasteiger partial charge in [0, 0.05) is 15.6 Å². The highest BCUT2D eigenvalue weighted by Gasteiger charge is 2.16. The van der Waals surface area contributed by atoms with Crippen LogP contribution in [0, 0.1) is 5.82 Å². The maximum atomic E-state index is 13.9. The van der Waals surface area contributed by atoms with Crippen molar-refractivity contribution in [1.82, 2.24) is 0 Å². The lowest BCUT2D eigenvalue weighted by Gasteiger charge is -2.12. The van der Waals surface area contributed by atoms with E-state index in [9.17, 15) is 4.39 Å². The fraction of sp³-hybridized carbons (Fsp3) is 0.0769. The van der Waals surface area contributed by atoms with Gasteiger partial charge in [0.05, 0.1) is 12.1 Å². The van der Waals surface area contributed by atoms with Crippen LogP contribution in [0.3, 0.4) is 0 Å². The van der Waals surface area contributed by atoms with Crippen molar-refractivity contribution in [2.45, 2.75) is 0 Å². The first-order valence-electron chi connectivity index (χ1n) is 4.92. The van der Waals surface area contributed by atoms with Gasteiger partial charge in [-0.25, -0.2) is 4.39 Å². The van der Waals surface area contributed by atoms with Crippen molar-refractivity contribution in [3.63, 3.8) is 0 Å². The molecule has 0 aliphatic rings. The summed E-state index contributed by atoms with van der Waals surface area (Å²) in [6.45, 7) is 0. The Morgan fingerprint density at radius 3 is 2.47 bits per heavy atom. The molecule has 0 spiro atoms. The third kappa shape index (κ3) is 2.31. The standard InChI is InChI=1S/C13H9BrClFO/c1-17-11-7-3-5-9(15)13(11)12-8(14)4-2-6-10(12)16/h2-7H,1H3. The van der Waals surface area contributed by atoms with Crippen molar-refractivity contribution >= 4 is 27.5 Å². The lowest BCUT2D eigenvalue weighted by Crippen LogP contribution is -1.92. The minimum atomic E-state index is -0.342. The highest BCUT2D eigenvalue weighted by Crippen LogP contribution is 2.41. The van der Waals surface area contributed by atoms with Crippen LogP contribution in [0.5, 0.6) is 5.75 Å². The largest absolute Gasteiger partial charge is 0.496 e. The second kappa shape index (κ2) is 5.07.